The third-order valence-electron chi connectivity index (χ3n) is 4.78. The first-order chi connectivity index (χ1) is 11.9. The maximum Gasteiger partial charge on any atom is 0.327 e. The van der Waals surface area contributed by atoms with Crippen molar-refractivity contribution in [2.75, 3.05) is 20.2 Å². The molecule has 6 nitrogen and oxygen atoms in total. The topological polar surface area (TPSA) is 64.1 Å². The lowest BCUT2D eigenvalue weighted by molar-refractivity contribution is -0.137. The highest BCUT2D eigenvalue weighted by Crippen LogP contribution is 2.33. The van der Waals surface area contributed by atoms with Crippen LogP contribution >= 0.6 is 11.6 Å². The molecular formula is C18H22ClN3O3. The molecule has 1 aromatic carbocycles. The van der Waals surface area contributed by atoms with Crippen LogP contribution < -0.4 is 0 Å². The lowest BCUT2D eigenvalue weighted by atomic mass is 9.99. The van der Waals surface area contributed by atoms with E-state index in [4.69, 9.17) is 16.7 Å². The lowest BCUT2D eigenvalue weighted by Gasteiger charge is -2.43. The second-order valence-corrected chi connectivity index (χ2v) is 6.96. The zero-order valence-electron chi connectivity index (χ0n) is 14.4. The number of aliphatic hydroxyl groups excluding tert-OH is 1. The smallest absolute Gasteiger partial charge is 0.327 e. The number of hydrogen-bond donors (Lipinski definition) is 1. The molecule has 0 aromatic heterocycles. The molecule has 25 heavy (non-hydrogen) atoms. The van der Waals surface area contributed by atoms with Gasteiger partial charge < -0.3 is 14.9 Å². The first kappa shape index (κ1) is 17.8. The molecule has 1 aromatic rings. The highest BCUT2D eigenvalue weighted by molar-refractivity contribution is 6.30. The number of urea groups is 1. The number of benzene rings is 1. The van der Waals surface area contributed by atoms with Crippen molar-refractivity contribution < 1.29 is 14.7 Å². The van der Waals surface area contributed by atoms with E-state index in [1.54, 1.807) is 11.9 Å². The van der Waals surface area contributed by atoms with Crippen molar-refractivity contribution in [3.05, 3.63) is 46.6 Å². The van der Waals surface area contributed by atoms with Gasteiger partial charge in [-0.1, -0.05) is 23.7 Å². The number of aliphatic hydroxyl groups is 1. The van der Waals surface area contributed by atoms with Gasteiger partial charge in [-0.3, -0.25) is 9.69 Å². The van der Waals surface area contributed by atoms with Gasteiger partial charge >= 0.3 is 6.03 Å². The molecule has 2 atom stereocenters. The number of amides is 3. The molecular weight excluding hydrogens is 342 g/mol. The summed E-state index contributed by atoms with van der Waals surface area (Å²) in [5.41, 5.74) is 2.04. The van der Waals surface area contributed by atoms with E-state index >= 15 is 0 Å². The molecule has 2 heterocycles. The summed E-state index contributed by atoms with van der Waals surface area (Å²) in [6, 6.07) is 6.53. The molecule has 1 saturated heterocycles. The maximum absolute atomic E-state index is 13.0. The van der Waals surface area contributed by atoms with Gasteiger partial charge in [-0.05, 0) is 36.6 Å². The Balaban J connectivity index is 1.85. The quantitative estimate of drug-likeness (QED) is 0.869. The third-order valence-corrected chi connectivity index (χ3v) is 5.03. The normalized spacial score (nSPS) is 23.2. The second-order valence-electron chi connectivity index (χ2n) is 6.52. The van der Waals surface area contributed by atoms with E-state index in [0.29, 0.717) is 18.0 Å². The number of rotatable bonds is 5. The molecule has 0 saturated carbocycles. The standard InChI is InChI=1S/C18H22ClN3O3/c1-12-10-21(11-13-4-6-14(19)7-5-13)16-15(12)20(2)18(25)22(17(16)24)8-3-9-23/h4-7,10,15-16,23H,3,8-9,11H2,1-2H3. The highest BCUT2D eigenvalue weighted by atomic mass is 35.5. The van der Waals surface area contributed by atoms with E-state index in [1.807, 2.05) is 42.3 Å². The van der Waals surface area contributed by atoms with Crippen LogP contribution in [-0.4, -0.2) is 64.0 Å². The van der Waals surface area contributed by atoms with Crippen molar-refractivity contribution in [1.82, 2.24) is 14.7 Å². The fourth-order valence-electron chi connectivity index (χ4n) is 3.59. The van der Waals surface area contributed by atoms with Crippen LogP contribution in [0.25, 0.3) is 0 Å². The molecule has 2 unspecified atom stereocenters. The summed E-state index contributed by atoms with van der Waals surface area (Å²) in [6.07, 6.45) is 2.34. The zero-order valence-corrected chi connectivity index (χ0v) is 15.1. The summed E-state index contributed by atoms with van der Waals surface area (Å²) < 4.78 is 0. The lowest BCUT2D eigenvalue weighted by Crippen LogP contribution is -2.65. The van der Waals surface area contributed by atoms with Crippen LogP contribution in [0.5, 0.6) is 0 Å². The Morgan fingerprint density at radius 1 is 1.16 bits per heavy atom. The Bertz CT molecular complexity index is 704. The molecule has 0 bridgehead atoms. The van der Waals surface area contributed by atoms with E-state index in [9.17, 15) is 9.59 Å². The maximum atomic E-state index is 13.0. The number of fused-ring (bicyclic) bond motifs is 1. The molecule has 134 valence electrons. The number of carbonyl (C=O) groups is 2. The molecule has 7 heteroatoms. The zero-order chi connectivity index (χ0) is 18.1. The van der Waals surface area contributed by atoms with Crippen LogP contribution in [0.15, 0.2) is 36.0 Å². The van der Waals surface area contributed by atoms with Crippen molar-refractivity contribution in [2.24, 2.45) is 0 Å². The highest BCUT2D eigenvalue weighted by Gasteiger charge is 2.50. The fraction of sp³-hybridized carbons (Fsp3) is 0.444. The number of nitrogens with zero attached hydrogens (tertiary/aromatic N) is 3. The third kappa shape index (κ3) is 3.24. The van der Waals surface area contributed by atoms with Gasteiger partial charge in [0.15, 0.2) is 0 Å². The molecule has 2 aliphatic heterocycles. The number of halogens is 1. The van der Waals surface area contributed by atoms with Crippen LogP contribution in [0.2, 0.25) is 5.02 Å². The van der Waals surface area contributed by atoms with Gasteiger partial charge in [0, 0.05) is 38.0 Å². The van der Waals surface area contributed by atoms with E-state index in [1.165, 1.54) is 4.90 Å². The monoisotopic (exact) mass is 363 g/mol. The first-order valence-corrected chi connectivity index (χ1v) is 8.69. The molecule has 1 N–H and O–H groups in total. The van der Waals surface area contributed by atoms with Crippen LogP contribution in [-0.2, 0) is 11.3 Å². The number of imide groups is 1. The average Bonchev–Trinajstić information content (AvgIpc) is 2.91. The van der Waals surface area contributed by atoms with Crippen molar-refractivity contribution in [1.29, 1.82) is 0 Å². The summed E-state index contributed by atoms with van der Waals surface area (Å²) in [5, 5.41) is 9.71. The van der Waals surface area contributed by atoms with E-state index in [-0.39, 0.29) is 31.1 Å². The van der Waals surface area contributed by atoms with Gasteiger partial charge in [0.25, 0.3) is 5.91 Å². The number of hydrogen-bond acceptors (Lipinski definition) is 4. The summed E-state index contributed by atoms with van der Waals surface area (Å²) in [5.74, 6) is -0.205. The Labute approximate surface area is 152 Å². The van der Waals surface area contributed by atoms with E-state index < -0.39 is 6.04 Å². The molecule has 2 aliphatic rings. The first-order valence-electron chi connectivity index (χ1n) is 8.31. The molecule has 0 radical (unpaired) electrons. The molecule has 0 spiro atoms. The van der Waals surface area contributed by atoms with Crippen LogP contribution in [0.1, 0.15) is 18.9 Å². The number of likely N-dealkylation sites (N-methyl/N-ethyl adjacent to an activating group) is 1. The van der Waals surface area contributed by atoms with Gasteiger partial charge in [-0.15, -0.1) is 0 Å². The predicted molar refractivity (Wildman–Crippen MR) is 94.9 cm³/mol. The van der Waals surface area contributed by atoms with Crippen LogP contribution in [0.4, 0.5) is 4.79 Å². The number of carbonyl (C=O) groups excluding carboxylic acids is 2. The van der Waals surface area contributed by atoms with Crippen molar-refractivity contribution in [2.45, 2.75) is 32.0 Å². The Kier molecular flexibility index (Phi) is 5.01. The van der Waals surface area contributed by atoms with E-state index in [0.717, 1.165) is 11.1 Å². The minimum Gasteiger partial charge on any atom is -0.396 e. The Hall–Kier alpha value is -2.05. The summed E-state index contributed by atoms with van der Waals surface area (Å²) in [6.45, 7) is 2.69. The SMILES string of the molecule is CC1=CN(Cc2ccc(Cl)cc2)C2C(=O)N(CCCO)C(=O)N(C)C12. The molecule has 3 amide bonds. The molecule has 0 aliphatic carbocycles. The fourth-order valence-corrected chi connectivity index (χ4v) is 3.71. The largest absolute Gasteiger partial charge is 0.396 e. The van der Waals surface area contributed by atoms with Crippen molar-refractivity contribution in [3.63, 3.8) is 0 Å². The predicted octanol–water partition coefficient (Wildman–Crippen LogP) is 2.07. The van der Waals surface area contributed by atoms with Gasteiger partial charge in [-0.25, -0.2) is 4.79 Å². The molecule has 3 rings (SSSR count). The summed E-state index contributed by atoms with van der Waals surface area (Å²) in [7, 11) is 1.72. The average molecular weight is 364 g/mol. The van der Waals surface area contributed by atoms with Gasteiger partial charge in [0.1, 0.15) is 6.04 Å². The van der Waals surface area contributed by atoms with Crippen LogP contribution in [0.3, 0.4) is 0 Å². The second kappa shape index (κ2) is 7.06. The summed E-state index contributed by atoms with van der Waals surface area (Å²) in [4.78, 5) is 30.3. The van der Waals surface area contributed by atoms with Gasteiger partial charge in [0.05, 0.1) is 6.04 Å². The van der Waals surface area contributed by atoms with Crippen molar-refractivity contribution in [3.8, 4) is 0 Å². The summed E-state index contributed by atoms with van der Waals surface area (Å²) >= 11 is 5.94. The molecule has 1 fully saturated rings. The van der Waals surface area contributed by atoms with Crippen molar-refractivity contribution >= 4 is 23.5 Å². The van der Waals surface area contributed by atoms with Gasteiger partial charge in [-0.2, -0.15) is 0 Å². The van der Waals surface area contributed by atoms with E-state index in [2.05, 4.69) is 0 Å². The minimum atomic E-state index is -0.433. The van der Waals surface area contributed by atoms with Gasteiger partial charge in [0.2, 0.25) is 0 Å². The Morgan fingerprint density at radius 2 is 1.84 bits per heavy atom. The van der Waals surface area contributed by atoms with Crippen LogP contribution in [0, 0.1) is 0 Å². The Morgan fingerprint density at radius 3 is 2.48 bits per heavy atom. The minimum absolute atomic E-state index is 0.0549.